The Labute approximate surface area is 206 Å². The Morgan fingerprint density at radius 2 is 1.83 bits per heavy atom. The van der Waals surface area contributed by atoms with Crippen LogP contribution >= 0.6 is 0 Å². The van der Waals surface area contributed by atoms with E-state index >= 15 is 0 Å². The molecule has 9 nitrogen and oxygen atoms in total. The molecule has 1 saturated carbocycles. The number of β-amino-alcohol motifs (C(OH)–C–C–N with tert-alkyl or cyclic N) is 1. The second-order valence-electron chi connectivity index (χ2n) is 10.7. The Morgan fingerprint density at radius 3 is 2.49 bits per heavy atom. The molecular weight excluding hydrogens is 455 g/mol. The Bertz CT molecular complexity index is 908. The number of hydrogen-bond acceptors (Lipinski definition) is 7. The van der Waals surface area contributed by atoms with E-state index in [1.165, 1.54) is 31.4 Å². The van der Waals surface area contributed by atoms with Crippen LogP contribution in [0.25, 0.3) is 0 Å². The van der Waals surface area contributed by atoms with Gasteiger partial charge in [-0.25, -0.2) is 19.0 Å². The fourth-order valence-corrected chi connectivity index (χ4v) is 5.94. The summed E-state index contributed by atoms with van der Waals surface area (Å²) in [5.41, 5.74) is 2.61. The fraction of sp³-hybridized carbons (Fsp3) is 0.680. The van der Waals surface area contributed by atoms with Crippen molar-refractivity contribution in [3.05, 3.63) is 30.1 Å². The predicted molar refractivity (Wildman–Crippen MR) is 127 cm³/mol. The molecule has 35 heavy (non-hydrogen) atoms. The van der Waals surface area contributed by atoms with Gasteiger partial charge in [-0.15, -0.1) is 0 Å². The van der Waals surface area contributed by atoms with Gasteiger partial charge in [-0.3, -0.25) is 10.3 Å². The summed E-state index contributed by atoms with van der Waals surface area (Å²) in [4.78, 5) is 29.4. The summed E-state index contributed by atoms with van der Waals surface area (Å²) in [6.07, 6.45) is 1.57. The highest BCUT2D eigenvalue weighted by atomic mass is 19.1. The predicted octanol–water partition coefficient (Wildman–Crippen LogP) is 2.84. The molecule has 5 atom stereocenters. The minimum Gasteiger partial charge on any atom is -0.453 e. The maximum absolute atomic E-state index is 13.3. The van der Waals surface area contributed by atoms with Gasteiger partial charge < -0.3 is 19.5 Å². The highest BCUT2D eigenvalue weighted by Gasteiger charge is 2.49. The van der Waals surface area contributed by atoms with Crippen LogP contribution in [0.5, 0.6) is 5.75 Å². The number of amides is 2. The Balaban J connectivity index is 1.51. The molecule has 0 radical (unpaired) electrons. The Hall–Kier alpha value is -2.43. The number of piperazine rings is 1. The molecule has 4 unspecified atom stereocenters. The lowest BCUT2D eigenvalue weighted by molar-refractivity contribution is -0.0337. The third-order valence-corrected chi connectivity index (χ3v) is 7.43. The summed E-state index contributed by atoms with van der Waals surface area (Å²) in [5.74, 6) is 0.610. The fourth-order valence-electron chi connectivity index (χ4n) is 5.94. The van der Waals surface area contributed by atoms with Crippen LogP contribution in [0.1, 0.15) is 40.0 Å². The van der Waals surface area contributed by atoms with Gasteiger partial charge in [0.2, 0.25) is 0 Å². The molecule has 10 heteroatoms. The van der Waals surface area contributed by atoms with Gasteiger partial charge in [-0.1, -0.05) is 0 Å². The van der Waals surface area contributed by atoms with Gasteiger partial charge in [0.15, 0.2) is 0 Å². The number of aliphatic hydroxyl groups is 1. The molecule has 0 bridgehead atoms. The molecule has 1 aromatic carbocycles. The number of benzene rings is 1. The maximum Gasteiger partial charge on any atom is 0.415 e. The van der Waals surface area contributed by atoms with Crippen LogP contribution in [0.15, 0.2) is 24.3 Å². The molecule has 194 valence electrons. The van der Waals surface area contributed by atoms with Crippen molar-refractivity contribution in [2.75, 3.05) is 33.3 Å². The third-order valence-electron chi connectivity index (χ3n) is 7.43. The first-order valence-electron chi connectivity index (χ1n) is 12.4. The molecule has 1 aliphatic carbocycles. The van der Waals surface area contributed by atoms with E-state index in [4.69, 9.17) is 9.47 Å². The molecule has 0 spiro atoms. The van der Waals surface area contributed by atoms with Crippen molar-refractivity contribution < 1.29 is 28.6 Å². The number of halogens is 1. The van der Waals surface area contributed by atoms with E-state index < -0.39 is 17.5 Å². The summed E-state index contributed by atoms with van der Waals surface area (Å²) in [7, 11) is 1.38. The van der Waals surface area contributed by atoms with Crippen LogP contribution in [0.3, 0.4) is 0 Å². The second kappa shape index (κ2) is 10.3. The van der Waals surface area contributed by atoms with Crippen LogP contribution in [-0.2, 0) is 4.74 Å². The van der Waals surface area contributed by atoms with E-state index in [1.807, 2.05) is 6.92 Å². The summed E-state index contributed by atoms with van der Waals surface area (Å²) >= 11 is 0. The average molecular weight is 493 g/mol. The number of carbonyl (C=O) groups is 2. The normalized spacial score (nSPS) is 29.6. The van der Waals surface area contributed by atoms with Crippen LogP contribution in [0.4, 0.5) is 14.0 Å². The number of nitrogens with zero attached hydrogens (tertiary/aromatic N) is 3. The van der Waals surface area contributed by atoms with Gasteiger partial charge in [0.05, 0.1) is 30.8 Å². The van der Waals surface area contributed by atoms with Gasteiger partial charge >= 0.3 is 12.2 Å². The van der Waals surface area contributed by atoms with Crippen molar-refractivity contribution in [3.8, 4) is 5.75 Å². The number of nitrogens with one attached hydrogen (secondary N) is 1. The average Bonchev–Trinajstić information content (AvgIpc) is 3.26. The van der Waals surface area contributed by atoms with Crippen molar-refractivity contribution in [2.45, 2.75) is 63.8 Å². The number of rotatable bonds is 4. The smallest absolute Gasteiger partial charge is 0.415 e. The van der Waals surface area contributed by atoms with Crippen molar-refractivity contribution in [3.63, 3.8) is 0 Å². The zero-order chi connectivity index (χ0) is 25.3. The molecule has 2 saturated heterocycles. The number of fused-ring (bicyclic) bond motifs is 1. The van der Waals surface area contributed by atoms with Crippen molar-refractivity contribution >= 4 is 12.2 Å². The summed E-state index contributed by atoms with van der Waals surface area (Å²) in [5, 5.41) is 12.3. The molecule has 3 fully saturated rings. The number of ether oxygens (including phenoxy) is 2. The van der Waals surface area contributed by atoms with Gasteiger partial charge in [-0.05, 0) is 76.1 Å². The van der Waals surface area contributed by atoms with Gasteiger partial charge in [0.25, 0.3) is 0 Å². The second-order valence-corrected chi connectivity index (χ2v) is 10.7. The van der Waals surface area contributed by atoms with E-state index in [0.717, 1.165) is 32.4 Å². The number of carbonyl (C=O) groups excluding carboxylic acids is 2. The number of methoxy groups -OCH3 is 1. The Kier molecular flexibility index (Phi) is 7.54. The summed E-state index contributed by atoms with van der Waals surface area (Å²) in [6.45, 7) is 8.00. The zero-order valence-corrected chi connectivity index (χ0v) is 20.9. The largest absolute Gasteiger partial charge is 0.453 e. The maximum atomic E-state index is 13.3. The van der Waals surface area contributed by atoms with Crippen LogP contribution in [0.2, 0.25) is 0 Å². The summed E-state index contributed by atoms with van der Waals surface area (Å²) in [6, 6.07) is 4.79. The van der Waals surface area contributed by atoms with Crippen molar-refractivity contribution in [2.24, 2.45) is 11.8 Å². The SMILES string of the molecule is COC(=O)N1C2CCC(C3CNN(CC(C)(C)O)C3)CC2N(C(=O)Oc2ccc(F)cc2)C[C@@H]1C. The van der Waals surface area contributed by atoms with Gasteiger partial charge in [0, 0.05) is 26.2 Å². The highest BCUT2D eigenvalue weighted by molar-refractivity contribution is 5.73. The summed E-state index contributed by atoms with van der Waals surface area (Å²) < 4.78 is 24.0. The molecule has 2 heterocycles. The molecule has 3 aliphatic rings. The molecule has 1 aromatic rings. The quantitative estimate of drug-likeness (QED) is 0.668. The van der Waals surface area contributed by atoms with Crippen LogP contribution in [0, 0.1) is 17.7 Å². The first-order valence-corrected chi connectivity index (χ1v) is 12.4. The molecule has 4 rings (SSSR count). The first-order chi connectivity index (χ1) is 16.6. The Morgan fingerprint density at radius 1 is 1.11 bits per heavy atom. The minimum atomic E-state index is -0.791. The monoisotopic (exact) mass is 492 g/mol. The highest BCUT2D eigenvalue weighted by Crippen LogP contribution is 2.40. The lowest BCUT2D eigenvalue weighted by atomic mass is 9.73. The lowest BCUT2D eigenvalue weighted by Gasteiger charge is -2.53. The van der Waals surface area contributed by atoms with E-state index in [-0.39, 0.29) is 30.0 Å². The lowest BCUT2D eigenvalue weighted by Crippen LogP contribution is -2.67. The molecule has 2 aliphatic heterocycles. The van der Waals surface area contributed by atoms with E-state index in [2.05, 4.69) is 10.4 Å². The topological polar surface area (TPSA) is 94.6 Å². The zero-order valence-electron chi connectivity index (χ0n) is 20.9. The van der Waals surface area contributed by atoms with Crippen molar-refractivity contribution in [1.29, 1.82) is 0 Å². The van der Waals surface area contributed by atoms with E-state index in [1.54, 1.807) is 23.6 Å². The molecule has 2 amide bonds. The number of hydrazine groups is 1. The first kappa shape index (κ1) is 25.7. The molecule has 0 aromatic heterocycles. The third kappa shape index (κ3) is 5.87. The van der Waals surface area contributed by atoms with E-state index in [9.17, 15) is 19.1 Å². The van der Waals surface area contributed by atoms with Crippen molar-refractivity contribution in [1.82, 2.24) is 20.2 Å². The standard InChI is InChI=1S/C25H37FN4O5/c1-16-13-29(23(31)35-20-8-6-19(26)7-9-20)22-11-17(5-10-21(22)30(16)24(32)34-4)18-12-27-28(14-18)15-25(2,3)33/h6-9,16-18,21-22,27,33H,5,10-15H2,1-4H3/t16-,17?,18?,21?,22?/m0/s1. The minimum absolute atomic E-state index is 0.162. The number of hydrogen-bond donors (Lipinski definition) is 2. The van der Waals surface area contributed by atoms with Gasteiger partial charge in [-0.2, -0.15) is 0 Å². The van der Waals surface area contributed by atoms with Gasteiger partial charge in [0.1, 0.15) is 11.6 Å². The van der Waals surface area contributed by atoms with Crippen LogP contribution in [-0.4, -0.2) is 89.1 Å². The van der Waals surface area contributed by atoms with E-state index in [0.29, 0.717) is 24.9 Å². The van der Waals surface area contributed by atoms with Crippen LogP contribution < -0.4 is 10.2 Å². The molecule has 2 N–H and O–H groups in total. The molecular formula is C25H37FN4O5.